The summed E-state index contributed by atoms with van der Waals surface area (Å²) < 4.78 is 1.85. The Morgan fingerprint density at radius 2 is 2.09 bits per heavy atom. The second-order valence-corrected chi connectivity index (χ2v) is 6.44. The molecule has 0 atom stereocenters. The Balaban J connectivity index is 1.69. The van der Waals surface area contributed by atoms with Crippen molar-refractivity contribution in [3.05, 3.63) is 28.4 Å². The topological polar surface area (TPSA) is 82.9 Å². The fourth-order valence-electron chi connectivity index (χ4n) is 2.54. The van der Waals surface area contributed by atoms with E-state index in [2.05, 4.69) is 36.9 Å². The van der Waals surface area contributed by atoms with Crippen LogP contribution in [0.3, 0.4) is 0 Å². The fourth-order valence-corrected chi connectivity index (χ4v) is 3.32. The molecule has 0 radical (unpaired) electrons. The van der Waals surface area contributed by atoms with Gasteiger partial charge in [-0.05, 0) is 6.54 Å². The predicted molar refractivity (Wildman–Crippen MR) is 89.7 cm³/mol. The first-order chi connectivity index (χ1) is 11.2. The molecule has 2 aromatic rings. The highest BCUT2D eigenvalue weighted by Gasteiger charge is 2.18. The Kier molecular flexibility index (Phi) is 4.97. The lowest BCUT2D eigenvalue weighted by Gasteiger charge is -2.34. The third kappa shape index (κ3) is 3.91. The number of H-pyrrole nitrogens is 1. The Bertz CT molecular complexity index is 705. The van der Waals surface area contributed by atoms with Crippen LogP contribution in [0.2, 0.25) is 0 Å². The third-order valence-corrected chi connectivity index (χ3v) is 4.99. The number of aryl methyl sites for hydroxylation is 1. The molecule has 1 N–H and O–H groups in total. The van der Waals surface area contributed by atoms with Crippen molar-refractivity contribution in [2.24, 2.45) is 7.05 Å². The predicted octanol–water partition coefficient (Wildman–Crippen LogP) is 0.333. The lowest BCUT2D eigenvalue weighted by molar-refractivity contribution is 0.270. The summed E-state index contributed by atoms with van der Waals surface area (Å²) in [7, 11) is 1.90. The average molecular weight is 335 g/mol. The van der Waals surface area contributed by atoms with Crippen LogP contribution < -0.4 is 10.5 Å². The van der Waals surface area contributed by atoms with E-state index in [1.54, 1.807) is 12.4 Å². The van der Waals surface area contributed by atoms with Gasteiger partial charge in [0.15, 0.2) is 5.16 Å². The molecule has 1 aliphatic heterocycles. The van der Waals surface area contributed by atoms with Gasteiger partial charge in [-0.3, -0.25) is 9.78 Å². The van der Waals surface area contributed by atoms with Crippen molar-refractivity contribution in [1.82, 2.24) is 29.6 Å². The molecule has 8 nitrogen and oxygen atoms in total. The number of nitrogens with one attached hydrogen (secondary N) is 1. The van der Waals surface area contributed by atoms with Gasteiger partial charge in [0, 0.05) is 45.0 Å². The van der Waals surface area contributed by atoms with Gasteiger partial charge in [-0.15, -0.1) is 10.2 Å². The van der Waals surface area contributed by atoms with Gasteiger partial charge in [-0.2, -0.15) is 0 Å². The van der Waals surface area contributed by atoms with E-state index in [4.69, 9.17) is 0 Å². The molecule has 1 saturated heterocycles. The molecule has 2 aromatic heterocycles. The van der Waals surface area contributed by atoms with Crippen LogP contribution >= 0.6 is 11.8 Å². The van der Waals surface area contributed by atoms with Crippen molar-refractivity contribution < 1.29 is 0 Å². The number of aromatic nitrogens is 5. The number of hydrogen-bond donors (Lipinski definition) is 1. The summed E-state index contributed by atoms with van der Waals surface area (Å²) in [5.41, 5.74) is 0.649. The molecular weight excluding hydrogens is 314 g/mol. The molecule has 0 bridgehead atoms. The zero-order valence-electron chi connectivity index (χ0n) is 13.4. The highest BCUT2D eigenvalue weighted by atomic mass is 32.2. The number of likely N-dealkylation sites (N-methyl/N-ethyl adjacent to an activating group) is 1. The van der Waals surface area contributed by atoms with Crippen LogP contribution in [0, 0.1) is 0 Å². The molecule has 1 aliphatic rings. The van der Waals surface area contributed by atoms with E-state index >= 15 is 0 Å². The van der Waals surface area contributed by atoms with Gasteiger partial charge in [-0.1, -0.05) is 18.7 Å². The summed E-state index contributed by atoms with van der Waals surface area (Å²) in [6.07, 6.45) is 1.66. The molecule has 0 amide bonds. The van der Waals surface area contributed by atoms with E-state index in [9.17, 15) is 4.79 Å². The molecule has 124 valence electrons. The molecule has 0 saturated carbocycles. The maximum atomic E-state index is 11.9. The van der Waals surface area contributed by atoms with E-state index in [1.807, 2.05) is 11.6 Å². The van der Waals surface area contributed by atoms with Crippen molar-refractivity contribution in [1.29, 1.82) is 0 Å². The Morgan fingerprint density at radius 3 is 2.74 bits per heavy atom. The maximum absolute atomic E-state index is 11.9. The molecule has 0 aromatic carbocycles. The lowest BCUT2D eigenvalue weighted by Crippen LogP contribution is -2.47. The number of thioether (sulfide) groups is 1. The van der Waals surface area contributed by atoms with Gasteiger partial charge < -0.3 is 14.4 Å². The van der Waals surface area contributed by atoms with Gasteiger partial charge in [0.2, 0.25) is 5.95 Å². The van der Waals surface area contributed by atoms with E-state index in [0.29, 0.717) is 11.7 Å². The van der Waals surface area contributed by atoms with Crippen LogP contribution in [0.1, 0.15) is 12.6 Å². The number of aromatic amines is 1. The molecule has 3 heterocycles. The third-order valence-electron chi connectivity index (χ3n) is 3.92. The zero-order valence-corrected chi connectivity index (χ0v) is 14.2. The van der Waals surface area contributed by atoms with E-state index in [0.717, 1.165) is 43.6 Å². The summed E-state index contributed by atoms with van der Waals surface area (Å²) in [6, 6.07) is 1.55. The zero-order chi connectivity index (χ0) is 16.2. The molecule has 0 unspecified atom stereocenters. The summed E-state index contributed by atoms with van der Waals surface area (Å²) >= 11 is 1.52. The minimum Gasteiger partial charge on any atom is -0.340 e. The SMILES string of the molecule is CCN1CCN(c2nc(CSc3nncn3C)cc(=O)[nH]2)CC1. The van der Waals surface area contributed by atoms with Crippen molar-refractivity contribution >= 4 is 17.7 Å². The van der Waals surface area contributed by atoms with Crippen LogP contribution in [-0.2, 0) is 12.8 Å². The van der Waals surface area contributed by atoms with Crippen LogP contribution in [0.4, 0.5) is 5.95 Å². The second kappa shape index (κ2) is 7.14. The molecule has 0 aliphatic carbocycles. The minimum atomic E-state index is -0.110. The number of piperazine rings is 1. The standard InChI is InChI=1S/C14H21N7OS/c1-3-20-4-6-21(7-5-20)13-16-11(8-12(22)17-13)9-23-14-18-15-10-19(14)2/h8,10H,3-7,9H2,1-2H3,(H,16,17,22). The highest BCUT2D eigenvalue weighted by Crippen LogP contribution is 2.19. The Labute approximate surface area is 138 Å². The van der Waals surface area contributed by atoms with Crippen molar-refractivity contribution in [3.63, 3.8) is 0 Å². The van der Waals surface area contributed by atoms with Crippen molar-refractivity contribution in [3.8, 4) is 0 Å². The molecule has 23 heavy (non-hydrogen) atoms. The molecule has 3 rings (SSSR count). The first-order valence-corrected chi connectivity index (χ1v) is 8.68. The average Bonchev–Trinajstić information content (AvgIpc) is 2.98. The first-order valence-electron chi connectivity index (χ1n) is 7.70. The number of rotatable bonds is 5. The second-order valence-electron chi connectivity index (χ2n) is 5.49. The first kappa shape index (κ1) is 16.0. The smallest absolute Gasteiger partial charge is 0.252 e. The molecular formula is C14H21N7OS. The summed E-state index contributed by atoms with van der Waals surface area (Å²) in [4.78, 5) is 23.9. The highest BCUT2D eigenvalue weighted by molar-refractivity contribution is 7.98. The normalized spacial score (nSPS) is 16.0. The number of nitrogens with zero attached hydrogens (tertiary/aromatic N) is 6. The van der Waals surface area contributed by atoms with E-state index < -0.39 is 0 Å². The number of anilines is 1. The minimum absolute atomic E-state index is 0.110. The molecule has 9 heteroatoms. The van der Waals surface area contributed by atoms with Gasteiger partial charge in [0.05, 0.1) is 5.69 Å². The monoisotopic (exact) mass is 335 g/mol. The summed E-state index contributed by atoms with van der Waals surface area (Å²) in [5.74, 6) is 1.26. The van der Waals surface area contributed by atoms with Crippen LogP contribution in [0.5, 0.6) is 0 Å². The fraction of sp³-hybridized carbons (Fsp3) is 0.571. The molecule has 1 fully saturated rings. The summed E-state index contributed by atoms with van der Waals surface area (Å²) in [5, 5.41) is 8.69. The van der Waals surface area contributed by atoms with E-state index in [1.165, 1.54) is 11.8 Å². The van der Waals surface area contributed by atoms with Gasteiger partial charge in [0.1, 0.15) is 6.33 Å². The van der Waals surface area contributed by atoms with Gasteiger partial charge >= 0.3 is 0 Å². The maximum Gasteiger partial charge on any atom is 0.252 e. The van der Waals surface area contributed by atoms with Crippen molar-refractivity contribution in [2.75, 3.05) is 37.6 Å². The Hall–Kier alpha value is -1.87. The largest absolute Gasteiger partial charge is 0.340 e. The van der Waals surface area contributed by atoms with Crippen LogP contribution in [0.25, 0.3) is 0 Å². The van der Waals surface area contributed by atoms with Gasteiger partial charge in [0.25, 0.3) is 5.56 Å². The Morgan fingerprint density at radius 1 is 1.30 bits per heavy atom. The lowest BCUT2D eigenvalue weighted by atomic mass is 10.3. The number of hydrogen-bond acceptors (Lipinski definition) is 7. The van der Waals surface area contributed by atoms with Crippen molar-refractivity contribution in [2.45, 2.75) is 17.8 Å². The van der Waals surface area contributed by atoms with Gasteiger partial charge in [-0.25, -0.2) is 4.98 Å². The van der Waals surface area contributed by atoms with Crippen LogP contribution in [-0.4, -0.2) is 62.4 Å². The van der Waals surface area contributed by atoms with E-state index in [-0.39, 0.29) is 5.56 Å². The quantitative estimate of drug-likeness (QED) is 0.789. The van der Waals surface area contributed by atoms with Crippen LogP contribution in [0.15, 0.2) is 22.3 Å². The molecule has 0 spiro atoms. The summed E-state index contributed by atoms with van der Waals surface area (Å²) in [6.45, 7) is 7.00.